The molecule has 2 aromatic carbocycles. The minimum absolute atomic E-state index is 0.0738. The molecule has 3 N–H and O–H groups in total. The van der Waals surface area contributed by atoms with Gasteiger partial charge in [-0.15, -0.1) is 0 Å². The Labute approximate surface area is 99.6 Å². The average Bonchev–Trinajstić information content (AvgIpc) is 2.24. The van der Waals surface area contributed by atoms with E-state index in [1.54, 1.807) is 0 Å². The Morgan fingerprint density at radius 3 is 2.18 bits per heavy atom. The van der Waals surface area contributed by atoms with E-state index < -0.39 is 0 Å². The Morgan fingerprint density at radius 1 is 0.824 bits per heavy atom. The number of hydrogen-bond donors (Lipinski definition) is 3. The van der Waals surface area contributed by atoms with Crippen LogP contribution >= 0.6 is 0 Å². The van der Waals surface area contributed by atoms with Crippen LogP contribution in [0.3, 0.4) is 0 Å². The molecule has 0 bridgehead atoms. The fourth-order valence-electron chi connectivity index (χ4n) is 1.93. The van der Waals surface area contributed by atoms with E-state index in [0.29, 0.717) is 5.56 Å². The van der Waals surface area contributed by atoms with Gasteiger partial charge in [0, 0.05) is 11.6 Å². The normalized spacial score (nSPS) is 10.5. The molecule has 2 rings (SSSR count). The molecule has 0 spiro atoms. The molecule has 0 amide bonds. The number of phenols is 3. The van der Waals surface area contributed by atoms with Crippen molar-refractivity contribution in [2.75, 3.05) is 0 Å². The second-order valence-corrected chi connectivity index (χ2v) is 4.18. The Bertz CT molecular complexity index is 574. The summed E-state index contributed by atoms with van der Waals surface area (Å²) in [7, 11) is 0. The summed E-state index contributed by atoms with van der Waals surface area (Å²) >= 11 is 0. The molecule has 17 heavy (non-hydrogen) atoms. The van der Waals surface area contributed by atoms with Gasteiger partial charge in [0.25, 0.3) is 0 Å². The Kier molecular flexibility index (Phi) is 2.68. The fraction of sp³-hybridized carbons (Fsp3) is 0.143. The van der Waals surface area contributed by atoms with Crippen molar-refractivity contribution in [2.45, 2.75) is 13.8 Å². The van der Waals surface area contributed by atoms with Crippen molar-refractivity contribution in [1.29, 1.82) is 0 Å². The second kappa shape index (κ2) is 4.01. The van der Waals surface area contributed by atoms with Crippen LogP contribution in [0.1, 0.15) is 11.1 Å². The first-order valence-electron chi connectivity index (χ1n) is 5.31. The van der Waals surface area contributed by atoms with Crippen LogP contribution in [0, 0.1) is 13.8 Å². The summed E-state index contributed by atoms with van der Waals surface area (Å²) in [6.07, 6.45) is 0. The van der Waals surface area contributed by atoms with Crippen LogP contribution in [0.5, 0.6) is 17.2 Å². The van der Waals surface area contributed by atoms with E-state index in [-0.39, 0.29) is 17.2 Å². The third kappa shape index (κ3) is 2.04. The highest BCUT2D eigenvalue weighted by Crippen LogP contribution is 2.40. The third-order valence-electron chi connectivity index (χ3n) is 2.75. The molecule has 3 heteroatoms. The molecular weight excluding hydrogens is 216 g/mol. The van der Waals surface area contributed by atoms with Gasteiger partial charge in [-0.3, -0.25) is 0 Å². The molecule has 0 aliphatic rings. The van der Waals surface area contributed by atoms with Crippen LogP contribution in [-0.4, -0.2) is 15.3 Å². The van der Waals surface area contributed by atoms with Crippen molar-refractivity contribution in [2.24, 2.45) is 0 Å². The molecule has 0 radical (unpaired) electrons. The minimum atomic E-state index is -0.319. The largest absolute Gasteiger partial charge is 0.508 e. The lowest BCUT2D eigenvalue weighted by Crippen LogP contribution is -1.86. The standard InChI is InChI=1S/C14H14O3/c1-8-3-4-11(9(2)5-8)12-6-10(15)7-13(16)14(12)17/h3-7,15-17H,1-2H3. The van der Waals surface area contributed by atoms with E-state index in [1.165, 1.54) is 6.07 Å². The zero-order valence-electron chi connectivity index (χ0n) is 9.73. The van der Waals surface area contributed by atoms with E-state index in [2.05, 4.69) is 0 Å². The van der Waals surface area contributed by atoms with Crippen molar-refractivity contribution in [1.82, 2.24) is 0 Å². The van der Waals surface area contributed by atoms with Crippen molar-refractivity contribution in [3.8, 4) is 28.4 Å². The van der Waals surface area contributed by atoms with E-state index >= 15 is 0 Å². The number of phenolic OH excluding ortho intramolecular Hbond substituents is 3. The number of hydrogen-bond acceptors (Lipinski definition) is 3. The summed E-state index contributed by atoms with van der Waals surface area (Å²) in [5.41, 5.74) is 3.32. The summed E-state index contributed by atoms with van der Waals surface area (Å²) < 4.78 is 0. The van der Waals surface area contributed by atoms with Crippen LogP contribution < -0.4 is 0 Å². The first kappa shape index (κ1) is 11.3. The molecule has 0 aliphatic heterocycles. The second-order valence-electron chi connectivity index (χ2n) is 4.18. The highest BCUT2D eigenvalue weighted by atomic mass is 16.3. The summed E-state index contributed by atoms with van der Waals surface area (Å²) in [5, 5.41) is 28.7. The maximum absolute atomic E-state index is 9.81. The van der Waals surface area contributed by atoms with Gasteiger partial charge in [0.15, 0.2) is 11.5 Å². The summed E-state index contributed by atoms with van der Waals surface area (Å²) in [5.74, 6) is -0.606. The number of benzene rings is 2. The van der Waals surface area contributed by atoms with Crippen LogP contribution in [0.4, 0.5) is 0 Å². The zero-order valence-corrected chi connectivity index (χ0v) is 9.73. The number of aromatic hydroxyl groups is 3. The SMILES string of the molecule is Cc1ccc(-c2cc(O)cc(O)c2O)c(C)c1. The Hall–Kier alpha value is -2.16. The maximum Gasteiger partial charge on any atom is 0.165 e. The average molecular weight is 230 g/mol. The Morgan fingerprint density at radius 2 is 1.53 bits per heavy atom. The van der Waals surface area contributed by atoms with E-state index in [9.17, 15) is 15.3 Å². The van der Waals surface area contributed by atoms with E-state index in [1.807, 2.05) is 32.0 Å². The molecular formula is C14H14O3. The monoisotopic (exact) mass is 230 g/mol. The molecule has 0 saturated carbocycles. The van der Waals surface area contributed by atoms with Gasteiger partial charge < -0.3 is 15.3 Å². The lowest BCUT2D eigenvalue weighted by molar-refractivity contribution is 0.398. The van der Waals surface area contributed by atoms with Crippen LogP contribution in [-0.2, 0) is 0 Å². The zero-order chi connectivity index (χ0) is 12.6. The molecule has 0 heterocycles. The lowest BCUT2D eigenvalue weighted by atomic mass is 9.97. The van der Waals surface area contributed by atoms with Gasteiger partial charge >= 0.3 is 0 Å². The van der Waals surface area contributed by atoms with Crippen molar-refractivity contribution >= 4 is 0 Å². The van der Waals surface area contributed by atoms with Crippen LogP contribution in [0.2, 0.25) is 0 Å². The van der Waals surface area contributed by atoms with E-state index in [0.717, 1.165) is 22.8 Å². The Balaban J connectivity index is 2.68. The molecule has 88 valence electrons. The van der Waals surface area contributed by atoms with Crippen molar-refractivity contribution in [3.63, 3.8) is 0 Å². The first-order valence-corrected chi connectivity index (χ1v) is 5.31. The molecule has 0 aliphatic carbocycles. The topological polar surface area (TPSA) is 60.7 Å². The quantitative estimate of drug-likeness (QED) is 0.521. The highest BCUT2D eigenvalue weighted by Gasteiger charge is 2.12. The summed E-state index contributed by atoms with van der Waals surface area (Å²) in [4.78, 5) is 0. The molecule has 3 nitrogen and oxygen atoms in total. The molecule has 0 unspecified atom stereocenters. The van der Waals surface area contributed by atoms with Gasteiger partial charge in [-0.05, 0) is 31.0 Å². The molecule has 0 aromatic heterocycles. The molecule has 0 fully saturated rings. The van der Waals surface area contributed by atoms with Gasteiger partial charge in [-0.1, -0.05) is 23.8 Å². The first-order chi connectivity index (χ1) is 7.99. The van der Waals surface area contributed by atoms with Crippen molar-refractivity contribution in [3.05, 3.63) is 41.5 Å². The molecule has 0 atom stereocenters. The van der Waals surface area contributed by atoms with Gasteiger partial charge in [-0.2, -0.15) is 0 Å². The van der Waals surface area contributed by atoms with Crippen LogP contribution in [0.15, 0.2) is 30.3 Å². The summed E-state index contributed by atoms with van der Waals surface area (Å²) in [6.45, 7) is 3.90. The van der Waals surface area contributed by atoms with Gasteiger partial charge in [-0.25, -0.2) is 0 Å². The fourth-order valence-corrected chi connectivity index (χ4v) is 1.93. The van der Waals surface area contributed by atoms with E-state index in [4.69, 9.17) is 0 Å². The number of aryl methyl sites for hydroxylation is 2. The summed E-state index contributed by atoms with van der Waals surface area (Å²) in [6, 6.07) is 8.31. The number of rotatable bonds is 1. The molecule has 0 saturated heterocycles. The minimum Gasteiger partial charge on any atom is -0.508 e. The predicted molar refractivity (Wildman–Crippen MR) is 66.3 cm³/mol. The van der Waals surface area contributed by atoms with Gasteiger partial charge in [0.1, 0.15) is 5.75 Å². The van der Waals surface area contributed by atoms with Crippen molar-refractivity contribution < 1.29 is 15.3 Å². The smallest absolute Gasteiger partial charge is 0.165 e. The molecule has 2 aromatic rings. The third-order valence-corrected chi connectivity index (χ3v) is 2.75. The predicted octanol–water partition coefficient (Wildman–Crippen LogP) is 3.09. The van der Waals surface area contributed by atoms with Crippen LogP contribution in [0.25, 0.3) is 11.1 Å². The lowest BCUT2D eigenvalue weighted by Gasteiger charge is -2.10. The highest BCUT2D eigenvalue weighted by molar-refractivity contribution is 5.77. The maximum atomic E-state index is 9.81. The van der Waals surface area contributed by atoms with Gasteiger partial charge in [0.2, 0.25) is 0 Å². The van der Waals surface area contributed by atoms with Gasteiger partial charge in [0.05, 0.1) is 0 Å².